The maximum Gasteiger partial charge on any atom is 2.00 e. The number of aliphatic imine (C=N–C) groups is 1. The van der Waals surface area contributed by atoms with Gasteiger partial charge >= 0.3 is 31.4 Å². The fourth-order valence-corrected chi connectivity index (χ4v) is 12.0. The summed E-state index contributed by atoms with van der Waals surface area (Å²) >= 11 is 1.35. The number of amides is 12. The molecule has 1 fully saturated rings. The minimum atomic E-state index is -1.94. The summed E-state index contributed by atoms with van der Waals surface area (Å²) in [6, 6.07) is -8.34. The number of aromatic amines is 1. The molecule has 5 unspecified atom stereocenters. The maximum absolute atomic E-state index is 14.9. The van der Waals surface area contributed by atoms with Gasteiger partial charge in [0.1, 0.15) is 66.5 Å². The maximum atomic E-state index is 14.9. The summed E-state index contributed by atoms with van der Waals surface area (Å²) in [7, 11) is 0. The van der Waals surface area contributed by atoms with Crippen LogP contribution >= 0.6 is 11.8 Å². The minimum Gasteiger partial charge on any atom is -0.481 e. The molecule has 0 saturated carbocycles. The molecular formula is C66H103N17O16SZn+2. The van der Waals surface area contributed by atoms with E-state index in [-0.39, 0.29) is 114 Å². The molecule has 554 valence electrons. The second-order valence-electron chi connectivity index (χ2n) is 26.0. The molecule has 1 aromatic carbocycles. The first-order chi connectivity index (χ1) is 47.4. The van der Waals surface area contributed by atoms with E-state index in [2.05, 4.69) is 73.4 Å². The van der Waals surface area contributed by atoms with Crippen molar-refractivity contribution in [2.24, 2.45) is 45.9 Å². The van der Waals surface area contributed by atoms with Gasteiger partial charge in [-0.25, -0.2) is 4.98 Å². The largest absolute Gasteiger partial charge is 2.00 e. The van der Waals surface area contributed by atoms with Crippen molar-refractivity contribution in [3.63, 3.8) is 0 Å². The molecule has 35 heteroatoms. The molecule has 0 aliphatic carbocycles. The van der Waals surface area contributed by atoms with E-state index in [0.29, 0.717) is 16.3 Å². The van der Waals surface area contributed by atoms with Crippen LogP contribution in [0.3, 0.4) is 0 Å². The Morgan fingerprint density at radius 1 is 0.663 bits per heavy atom. The fraction of sp³-hybridized carbons (Fsp3) is 0.636. The number of aromatic nitrogens is 2. The van der Waals surface area contributed by atoms with Gasteiger partial charge in [-0.05, 0) is 80.7 Å². The number of carboxylic acids is 2. The van der Waals surface area contributed by atoms with Gasteiger partial charge < -0.3 is 90.9 Å². The Balaban J connectivity index is 0.0000265. The number of benzene rings is 1. The Hall–Kier alpha value is -8.43. The van der Waals surface area contributed by atoms with Crippen molar-refractivity contribution < 1.29 is 96.8 Å². The second kappa shape index (κ2) is 44.1. The quantitative estimate of drug-likeness (QED) is 0.0375. The van der Waals surface area contributed by atoms with Crippen LogP contribution in [0.2, 0.25) is 0 Å². The number of primary amides is 1. The number of hydrogen-bond acceptors (Lipinski definition) is 19. The van der Waals surface area contributed by atoms with E-state index in [1.54, 1.807) is 58.0 Å². The van der Waals surface area contributed by atoms with E-state index in [1.807, 2.05) is 27.7 Å². The summed E-state index contributed by atoms with van der Waals surface area (Å²) < 4.78 is 0. The summed E-state index contributed by atoms with van der Waals surface area (Å²) in [6.07, 6.45) is 0.368. The first kappa shape index (κ1) is 86.8. The van der Waals surface area contributed by atoms with Crippen molar-refractivity contribution in [1.82, 2.24) is 68.5 Å². The van der Waals surface area contributed by atoms with Crippen LogP contribution in [0.15, 0.2) is 47.8 Å². The predicted octanol–water partition coefficient (Wildman–Crippen LogP) is -1.68. The van der Waals surface area contributed by atoms with Gasteiger partial charge in [-0.1, -0.05) is 105 Å². The third-order valence-corrected chi connectivity index (χ3v) is 18.6. The summed E-state index contributed by atoms with van der Waals surface area (Å²) in [6.45, 7) is 14.1. The van der Waals surface area contributed by atoms with Crippen molar-refractivity contribution in [3.8, 4) is 0 Å². The van der Waals surface area contributed by atoms with E-state index in [0.717, 1.165) is 6.42 Å². The third-order valence-electron chi connectivity index (χ3n) is 17.5. The van der Waals surface area contributed by atoms with Gasteiger partial charge in [-0.3, -0.25) is 72.1 Å². The van der Waals surface area contributed by atoms with E-state index < -0.39 is 193 Å². The number of hydrogen-bond donors (Lipinski definition) is 17. The van der Waals surface area contributed by atoms with Crippen LogP contribution in [0, 0.1) is 23.7 Å². The van der Waals surface area contributed by atoms with Crippen LogP contribution in [-0.2, 0) is 99.4 Å². The number of carbonyl (C=O) groups excluding carboxylic acids is 12. The predicted molar refractivity (Wildman–Crippen MR) is 369 cm³/mol. The summed E-state index contributed by atoms with van der Waals surface area (Å²) in [5, 5.41) is 49.1. The monoisotopic (exact) mass is 1490 g/mol. The first-order valence-electron chi connectivity index (χ1n) is 34.1. The molecule has 2 aliphatic rings. The summed E-state index contributed by atoms with van der Waals surface area (Å²) in [4.78, 5) is 207. The number of rotatable bonds is 31. The van der Waals surface area contributed by atoms with Crippen LogP contribution in [0.5, 0.6) is 0 Å². The van der Waals surface area contributed by atoms with Crippen LogP contribution in [0.25, 0.3) is 0 Å². The number of H-pyrrole nitrogens is 1. The van der Waals surface area contributed by atoms with Gasteiger partial charge in [-0.15, -0.1) is 11.8 Å². The van der Waals surface area contributed by atoms with Crippen LogP contribution in [-0.4, -0.2) is 199 Å². The minimum absolute atomic E-state index is 0. The molecule has 33 nitrogen and oxygen atoms in total. The average Bonchev–Trinajstić information content (AvgIpc) is 1.83. The van der Waals surface area contributed by atoms with E-state index in [1.165, 1.54) is 24.3 Å². The molecule has 101 heavy (non-hydrogen) atoms. The number of carboxylic acid groups (broad SMARTS) is 2. The second-order valence-corrected chi connectivity index (χ2v) is 27.0. The molecule has 0 radical (unpaired) electrons. The zero-order chi connectivity index (χ0) is 74.3. The number of nitrogens with one attached hydrogen (secondary N) is 12. The molecular weight excluding hydrogens is 1380 g/mol. The molecule has 0 spiro atoms. The fourth-order valence-electron chi connectivity index (χ4n) is 10.9. The van der Waals surface area contributed by atoms with Crippen LogP contribution in [0.1, 0.15) is 150 Å². The van der Waals surface area contributed by atoms with Crippen molar-refractivity contribution in [1.29, 1.82) is 0 Å². The van der Waals surface area contributed by atoms with Crippen molar-refractivity contribution >= 4 is 99.6 Å². The molecule has 0 bridgehead atoms. The molecule has 2 aliphatic heterocycles. The van der Waals surface area contributed by atoms with E-state index in [4.69, 9.17) is 17.2 Å². The molecule has 4 rings (SSSR count). The Kier molecular flexibility index (Phi) is 37.9. The van der Waals surface area contributed by atoms with Crippen molar-refractivity contribution in [3.05, 3.63) is 54.1 Å². The van der Waals surface area contributed by atoms with Gasteiger partial charge in [0.2, 0.25) is 70.9 Å². The standard InChI is InChI=1S/C66H103N17O16S.Zn/c1-9-35(6)52(69)66-81-48(32-100-66)63(97)76-43(26-34(4)5)59(93)74-42(22-23-50(85)86)58(92)83-53(36(7)10-2)64(98)75-40-20-15-16-25-71-55(89)46(29-49(68)84)78-62(96)47(30-51(87)88)79-61(95)45(28-39-31-70-33-72-39)77-60(94)44(27-38-18-13-12-14-19-38)80-65(99)54(37(8)11-3)82-57(91)41(21-17-24-67)73-56(40)90;/h12-14,18-19,31,33-37,40-48,52-54H,9-11,15-17,20-30,32,67,69H2,1-8H3,(H2,68,84)(H,70,72)(H,71,89)(H,73,90)(H,74,93)(H,75,98)(H,76,97)(H,77,94)(H,78,96)(H,79,95)(H,80,99)(H,82,91)(H,83,92)(H,85,86)(H,87,88);/q;+2/t35?,36?,37?,40-,41+,42+,43-,44+,45-,46-,47+,48?,52?,53-,54-;/m0./s1. The smallest absolute Gasteiger partial charge is 0.481 e. The number of nitrogens with two attached hydrogens (primary N) is 3. The zero-order valence-corrected chi connectivity index (χ0v) is 62.6. The Morgan fingerprint density at radius 3 is 1.84 bits per heavy atom. The molecule has 2 aromatic rings. The Labute approximate surface area is 605 Å². The normalized spacial score (nSPS) is 22.9. The number of thioether (sulfide) groups is 1. The number of carbonyl (C=O) groups is 14. The number of aliphatic carboxylic acids is 2. The van der Waals surface area contributed by atoms with Gasteiger partial charge in [0, 0.05) is 43.5 Å². The topological polar surface area (TPSA) is 531 Å². The third kappa shape index (κ3) is 29.2. The number of nitrogens with zero attached hydrogens (tertiary/aromatic N) is 2. The van der Waals surface area contributed by atoms with E-state index >= 15 is 0 Å². The van der Waals surface area contributed by atoms with Gasteiger partial charge in [-0.2, -0.15) is 0 Å². The zero-order valence-electron chi connectivity index (χ0n) is 58.9. The summed E-state index contributed by atoms with van der Waals surface area (Å²) in [5.74, 6) is -15.4. The molecule has 20 N–H and O–H groups in total. The van der Waals surface area contributed by atoms with Crippen LogP contribution < -0.4 is 75.7 Å². The van der Waals surface area contributed by atoms with Gasteiger partial charge in [0.15, 0.2) is 0 Å². The molecule has 15 atom stereocenters. The SMILES string of the molecule is CCC(C)C(N)C1=NC(C(=O)N[C@@H](CC(C)C)C(=O)N[C@H](CCC(=O)O)C(=O)N[C@H](C(=O)N[C@H]2CCCCNC(=O)[C@H](CC(N)=O)NC(=O)[C@@H](CC(=O)O)NC(=O)[C@H](Cc3cnc[nH]3)NC(=O)[C@@H](Cc3ccccc3)NC(=O)[C@H](C(C)CC)NC(=O)[C@@H](CCCN)NC2=O)C(C)CC)CS1.[Zn+2]. The first-order valence-corrected chi connectivity index (χ1v) is 35.1. The molecule has 12 amide bonds. The van der Waals surface area contributed by atoms with Gasteiger partial charge in [0.25, 0.3) is 0 Å². The molecule has 1 saturated heterocycles. The Bertz CT molecular complexity index is 3170. The number of imidazole rings is 1. The van der Waals surface area contributed by atoms with E-state index in [9.17, 15) is 77.3 Å². The van der Waals surface area contributed by atoms with Crippen molar-refractivity contribution in [2.45, 2.75) is 224 Å². The summed E-state index contributed by atoms with van der Waals surface area (Å²) in [5.41, 5.74) is 18.7. The van der Waals surface area contributed by atoms with Crippen molar-refractivity contribution in [2.75, 3.05) is 18.8 Å². The molecule has 1 aromatic heterocycles. The van der Waals surface area contributed by atoms with Gasteiger partial charge in [0.05, 0.1) is 30.3 Å². The Morgan fingerprint density at radius 2 is 1.26 bits per heavy atom. The average molecular weight is 1490 g/mol. The molecule has 3 heterocycles. The van der Waals surface area contributed by atoms with Crippen LogP contribution in [0.4, 0.5) is 0 Å².